The van der Waals surface area contributed by atoms with E-state index in [2.05, 4.69) is 5.32 Å². The fourth-order valence-electron chi connectivity index (χ4n) is 2.94. The van der Waals surface area contributed by atoms with E-state index in [-0.39, 0.29) is 30.9 Å². The van der Waals surface area contributed by atoms with Gasteiger partial charge in [0.25, 0.3) is 0 Å². The molecule has 1 amide bonds. The Morgan fingerprint density at radius 3 is 2.74 bits per heavy atom. The number of carbonyl (C=O) groups is 1. The topological polar surface area (TPSA) is 38.3 Å². The summed E-state index contributed by atoms with van der Waals surface area (Å²) >= 11 is 0. The molecule has 1 aliphatic carbocycles. The van der Waals surface area contributed by atoms with Crippen molar-refractivity contribution in [2.24, 2.45) is 5.92 Å². The van der Waals surface area contributed by atoms with Crippen LogP contribution in [0.3, 0.4) is 0 Å². The van der Waals surface area contributed by atoms with Crippen LogP contribution in [-0.2, 0) is 4.79 Å². The lowest BCUT2D eigenvalue weighted by Gasteiger charge is -2.29. The van der Waals surface area contributed by atoms with Gasteiger partial charge in [-0.15, -0.1) is 0 Å². The summed E-state index contributed by atoms with van der Waals surface area (Å²) in [7, 11) is 0. The number of ether oxygens (including phenoxy) is 1. The lowest BCUT2D eigenvalue weighted by atomic mass is 9.85. The van der Waals surface area contributed by atoms with Gasteiger partial charge < -0.3 is 10.1 Å². The summed E-state index contributed by atoms with van der Waals surface area (Å²) in [6.45, 7) is 5.75. The Hall–Kier alpha value is -1.65. The molecule has 1 saturated carbocycles. The molecule has 2 rings (SSSR count). The molecule has 1 aliphatic rings. The van der Waals surface area contributed by atoms with E-state index in [1.54, 1.807) is 0 Å². The highest BCUT2D eigenvalue weighted by Gasteiger charge is 2.39. The van der Waals surface area contributed by atoms with Crippen LogP contribution in [0.4, 0.5) is 8.78 Å². The first kappa shape index (κ1) is 17.7. The molecule has 23 heavy (non-hydrogen) atoms. The van der Waals surface area contributed by atoms with Gasteiger partial charge in [-0.3, -0.25) is 4.79 Å². The molecule has 0 spiro atoms. The first-order valence-electron chi connectivity index (χ1n) is 8.21. The predicted octanol–water partition coefficient (Wildman–Crippen LogP) is 4.48. The third-order valence-electron chi connectivity index (χ3n) is 4.10. The predicted molar refractivity (Wildman–Crippen MR) is 85.7 cm³/mol. The van der Waals surface area contributed by atoms with Crippen LogP contribution in [-0.4, -0.2) is 17.9 Å². The number of amides is 1. The molecule has 0 heterocycles. The van der Waals surface area contributed by atoms with Crippen LogP contribution in [0.15, 0.2) is 24.3 Å². The van der Waals surface area contributed by atoms with Crippen LogP contribution in [0.5, 0.6) is 5.75 Å². The quantitative estimate of drug-likeness (QED) is 0.867. The standard InChI is InChI=1S/C18H25F2NO2/c1-12(2)23-16-8-4-6-14(10-16)13(3)21-17(22)15-7-5-9-18(19,20)11-15/h4,6,8,10,12-13,15H,5,7,9,11H2,1-3H3,(H,21,22)/t13-,15-/m1/s1. The second-order valence-electron chi connectivity index (χ2n) is 6.62. The number of hydrogen-bond donors (Lipinski definition) is 1. The van der Waals surface area contributed by atoms with Gasteiger partial charge in [0.05, 0.1) is 12.1 Å². The van der Waals surface area contributed by atoms with Gasteiger partial charge in [0.1, 0.15) is 5.75 Å². The van der Waals surface area contributed by atoms with Gasteiger partial charge in [0.15, 0.2) is 0 Å². The van der Waals surface area contributed by atoms with Crippen LogP contribution in [0.1, 0.15) is 58.1 Å². The lowest BCUT2D eigenvalue weighted by Crippen LogP contribution is -2.38. The number of carbonyl (C=O) groups excluding carboxylic acids is 1. The van der Waals surface area contributed by atoms with E-state index in [1.807, 2.05) is 45.0 Å². The minimum atomic E-state index is -2.71. The third kappa shape index (κ3) is 5.19. The van der Waals surface area contributed by atoms with Crippen molar-refractivity contribution in [3.63, 3.8) is 0 Å². The maximum Gasteiger partial charge on any atom is 0.248 e. The Morgan fingerprint density at radius 1 is 1.35 bits per heavy atom. The van der Waals surface area contributed by atoms with Crippen LogP contribution < -0.4 is 10.1 Å². The number of alkyl halides is 2. The number of rotatable bonds is 5. The van der Waals surface area contributed by atoms with Gasteiger partial charge in [-0.05, 0) is 51.3 Å². The van der Waals surface area contributed by atoms with Crippen LogP contribution in [0.2, 0.25) is 0 Å². The molecule has 0 aliphatic heterocycles. The highest BCUT2D eigenvalue weighted by Crippen LogP contribution is 2.37. The zero-order chi connectivity index (χ0) is 17.0. The SMILES string of the molecule is CC(C)Oc1cccc([C@@H](C)NC(=O)[C@@H]2CCCC(F)(F)C2)c1. The van der Waals surface area contributed by atoms with Crippen molar-refractivity contribution in [3.8, 4) is 5.75 Å². The van der Waals surface area contributed by atoms with Crippen molar-refractivity contribution in [1.82, 2.24) is 5.32 Å². The first-order valence-corrected chi connectivity index (χ1v) is 8.21. The minimum Gasteiger partial charge on any atom is -0.491 e. The highest BCUT2D eigenvalue weighted by atomic mass is 19.3. The molecule has 1 N–H and O–H groups in total. The van der Waals surface area contributed by atoms with E-state index in [0.29, 0.717) is 12.8 Å². The summed E-state index contributed by atoms with van der Waals surface area (Å²) in [4.78, 5) is 12.3. The normalized spacial score (nSPS) is 21.7. The molecule has 2 atom stereocenters. The summed E-state index contributed by atoms with van der Waals surface area (Å²) in [5, 5.41) is 2.86. The monoisotopic (exact) mass is 325 g/mol. The molecule has 3 nitrogen and oxygen atoms in total. The number of hydrogen-bond acceptors (Lipinski definition) is 2. The van der Waals surface area contributed by atoms with E-state index >= 15 is 0 Å². The molecular weight excluding hydrogens is 300 g/mol. The number of benzene rings is 1. The van der Waals surface area contributed by atoms with Crippen LogP contribution in [0, 0.1) is 5.92 Å². The van der Waals surface area contributed by atoms with E-state index in [1.165, 1.54) is 0 Å². The molecule has 0 radical (unpaired) electrons. The second-order valence-corrected chi connectivity index (χ2v) is 6.62. The summed E-state index contributed by atoms with van der Waals surface area (Å²) in [6, 6.07) is 7.26. The second kappa shape index (κ2) is 7.28. The molecule has 0 unspecified atom stereocenters. The summed E-state index contributed by atoms with van der Waals surface area (Å²) in [5.41, 5.74) is 0.902. The van der Waals surface area contributed by atoms with Gasteiger partial charge in [0, 0.05) is 18.8 Å². The van der Waals surface area contributed by atoms with Crippen molar-refractivity contribution in [2.75, 3.05) is 0 Å². The fraction of sp³-hybridized carbons (Fsp3) is 0.611. The molecule has 1 aromatic rings. The van der Waals surface area contributed by atoms with Crippen molar-refractivity contribution in [1.29, 1.82) is 0 Å². The zero-order valence-electron chi connectivity index (χ0n) is 13.9. The maximum atomic E-state index is 13.5. The Kier molecular flexibility index (Phi) is 5.60. The molecular formula is C18H25F2NO2. The Balaban J connectivity index is 1.98. The Bertz CT molecular complexity index is 546. The van der Waals surface area contributed by atoms with Gasteiger partial charge in [-0.25, -0.2) is 8.78 Å². The zero-order valence-corrected chi connectivity index (χ0v) is 13.9. The Morgan fingerprint density at radius 2 is 2.09 bits per heavy atom. The van der Waals surface area contributed by atoms with Crippen molar-refractivity contribution >= 4 is 5.91 Å². The summed E-state index contributed by atoms with van der Waals surface area (Å²) < 4.78 is 32.5. The summed E-state index contributed by atoms with van der Waals surface area (Å²) in [6.07, 6.45) is 0.546. The van der Waals surface area contributed by atoms with E-state index in [9.17, 15) is 13.6 Å². The van der Waals surface area contributed by atoms with Crippen molar-refractivity contribution in [2.45, 2.75) is 64.5 Å². The fourth-order valence-corrected chi connectivity index (χ4v) is 2.94. The Labute approximate surface area is 136 Å². The molecule has 1 fully saturated rings. The van der Waals surface area contributed by atoms with Gasteiger partial charge >= 0.3 is 0 Å². The lowest BCUT2D eigenvalue weighted by molar-refractivity contribution is -0.132. The number of halogens is 2. The van der Waals surface area contributed by atoms with E-state index in [0.717, 1.165) is 11.3 Å². The third-order valence-corrected chi connectivity index (χ3v) is 4.10. The van der Waals surface area contributed by atoms with Gasteiger partial charge in [-0.2, -0.15) is 0 Å². The van der Waals surface area contributed by atoms with Crippen LogP contribution >= 0.6 is 0 Å². The van der Waals surface area contributed by atoms with Crippen LogP contribution in [0.25, 0.3) is 0 Å². The van der Waals surface area contributed by atoms with Gasteiger partial charge in [-0.1, -0.05) is 12.1 Å². The summed E-state index contributed by atoms with van der Waals surface area (Å²) in [5.74, 6) is -2.86. The molecule has 1 aromatic carbocycles. The number of nitrogens with one attached hydrogen (secondary N) is 1. The van der Waals surface area contributed by atoms with E-state index < -0.39 is 11.8 Å². The molecule has 5 heteroatoms. The van der Waals surface area contributed by atoms with Gasteiger partial charge in [0.2, 0.25) is 11.8 Å². The minimum absolute atomic E-state index is 0.0691. The smallest absolute Gasteiger partial charge is 0.248 e. The molecule has 0 aromatic heterocycles. The first-order chi connectivity index (χ1) is 10.8. The highest BCUT2D eigenvalue weighted by molar-refractivity contribution is 5.79. The van der Waals surface area contributed by atoms with Crippen molar-refractivity contribution < 1.29 is 18.3 Å². The average molecular weight is 325 g/mol. The van der Waals surface area contributed by atoms with E-state index in [4.69, 9.17) is 4.74 Å². The average Bonchev–Trinajstić information content (AvgIpc) is 2.45. The molecule has 0 saturated heterocycles. The molecule has 0 bridgehead atoms. The maximum absolute atomic E-state index is 13.5. The van der Waals surface area contributed by atoms with Crippen molar-refractivity contribution in [3.05, 3.63) is 29.8 Å². The largest absolute Gasteiger partial charge is 0.491 e. The molecule has 128 valence electrons.